The second-order valence-corrected chi connectivity index (χ2v) is 6.21. The maximum absolute atomic E-state index is 11.1. The van der Waals surface area contributed by atoms with Crippen LogP contribution < -0.4 is 10.1 Å². The molecular weight excluding hydrogens is 326 g/mol. The summed E-state index contributed by atoms with van der Waals surface area (Å²) >= 11 is 0. The maximum atomic E-state index is 11.1. The van der Waals surface area contributed by atoms with Crippen LogP contribution in [-0.2, 0) is 11.2 Å². The summed E-state index contributed by atoms with van der Waals surface area (Å²) in [4.78, 5) is 19.0. The second-order valence-electron chi connectivity index (χ2n) is 6.21. The molecular formula is C21H21N3O2. The van der Waals surface area contributed by atoms with Gasteiger partial charge in [0.2, 0.25) is 5.91 Å². The third-order valence-corrected chi connectivity index (χ3v) is 3.89. The third-order valence-electron chi connectivity index (χ3n) is 3.89. The number of aromatic nitrogens is 2. The van der Waals surface area contributed by atoms with Gasteiger partial charge >= 0.3 is 0 Å². The fourth-order valence-electron chi connectivity index (χ4n) is 2.80. The minimum absolute atomic E-state index is 0.00486. The number of carbonyl (C=O) groups excluding carboxylic acids is 1. The van der Waals surface area contributed by atoms with Crippen LogP contribution >= 0.6 is 0 Å². The molecule has 1 unspecified atom stereocenters. The van der Waals surface area contributed by atoms with Crippen LogP contribution in [0.1, 0.15) is 19.4 Å². The summed E-state index contributed by atoms with van der Waals surface area (Å²) in [6, 6.07) is 16.4. The molecule has 1 N–H and O–H groups in total. The smallest absolute Gasteiger partial charge is 0.217 e. The van der Waals surface area contributed by atoms with Gasteiger partial charge in [-0.15, -0.1) is 0 Å². The van der Waals surface area contributed by atoms with E-state index >= 15 is 0 Å². The summed E-state index contributed by atoms with van der Waals surface area (Å²) in [7, 11) is 0. The average Bonchev–Trinajstić information content (AvgIpc) is 2.63. The van der Waals surface area contributed by atoms with Crippen LogP contribution in [0.25, 0.3) is 11.1 Å². The van der Waals surface area contributed by atoms with Crippen LogP contribution in [0.2, 0.25) is 0 Å². The molecule has 1 aromatic heterocycles. The molecule has 0 aliphatic carbocycles. The molecule has 1 amide bonds. The summed E-state index contributed by atoms with van der Waals surface area (Å²) in [6.07, 6.45) is 5.53. The Hall–Kier alpha value is -3.21. The van der Waals surface area contributed by atoms with Gasteiger partial charge in [-0.25, -0.2) is 9.97 Å². The van der Waals surface area contributed by atoms with Gasteiger partial charge in [0.15, 0.2) is 5.75 Å². The van der Waals surface area contributed by atoms with Gasteiger partial charge in [0.25, 0.3) is 0 Å². The summed E-state index contributed by atoms with van der Waals surface area (Å²) in [5.41, 5.74) is 3.36. The molecule has 0 spiro atoms. The first-order chi connectivity index (χ1) is 12.6. The van der Waals surface area contributed by atoms with Crippen molar-refractivity contribution in [2.75, 3.05) is 0 Å². The lowest BCUT2D eigenvalue weighted by atomic mass is 10.0. The first-order valence-electron chi connectivity index (χ1n) is 8.49. The number of nitrogens with zero attached hydrogens (tertiary/aromatic N) is 2. The molecule has 1 heterocycles. The van der Waals surface area contributed by atoms with E-state index in [1.807, 2.05) is 31.2 Å². The molecule has 26 heavy (non-hydrogen) atoms. The quantitative estimate of drug-likeness (QED) is 0.732. The molecule has 5 nitrogen and oxygen atoms in total. The molecule has 0 fully saturated rings. The van der Waals surface area contributed by atoms with Gasteiger partial charge < -0.3 is 10.1 Å². The summed E-state index contributed by atoms with van der Waals surface area (Å²) in [6.45, 7) is 3.54. The van der Waals surface area contributed by atoms with Crippen LogP contribution in [0.5, 0.6) is 11.5 Å². The highest BCUT2D eigenvalue weighted by Crippen LogP contribution is 2.27. The lowest BCUT2D eigenvalue weighted by Gasteiger charge is -2.13. The van der Waals surface area contributed by atoms with E-state index in [9.17, 15) is 4.79 Å². The van der Waals surface area contributed by atoms with Gasteiger partial charge in [-0.3, -0.25) is 4.79 Å². The van der Waals surface area contributed by atoms with Crippen molar-refractivity contribution in [1.29, 1.82) is 0 Å². The number of benzene rings is 2. The summed E-state index contributed by atoms with van der Waals surface area (Å²) < 4.78 is 5.79. The first-order valence-corrected chi connectivity index (χ1v) is 8.49. The molecule has 0 saturated heterocycles. The number of hydrogen-bond donors (Lipinski definition) is 1. The van der Waals surface area contributed by atoms with Gasteiger partial charge in [-0.2, -0.15) is 0 Å². The van der Waals surface area contributed by atoms with E-state index < -0.39 is 0 Å². The lowest BCUT2D eigenvalue weighted by Crippen LogP contribution is -2.31. The molecule has 0 bridgehead atoms. The molecule has 2 aromatic carbocycles. The lowest BCUT2D eigenvalue weighted by molar-refractivity contribution is -0.119. The molecule has 0 radical (unpaired) electrons. The van der Waals surface area contributed by atoms with Crippen molar-refractivity contribution in [3.8, 4) is 22.6 Å². The van der Waals surface area contributed by atoms with E-state index in [-0.39, 0.29) is 11.9 Å². The molecule has 0 aliphatic heterocycles. The zero-order valence-electron chi connectivity index (χ0n) is 14.8. The van der Waals surface area contributed by atoms with Crippen molar-refractivity contribution in [2.45, 2.75) is 26.3 Å². The molecule has 132 valence electrons. The molecule has 5 heteroatoms. The van der Waals surface area contributed by atoms with Crippen LogP contribution in [0.4, 0.5) is 0 Å². The SMILES string of the molecule is CC(=O)NC(C)Cc1ccc(-c2cccc(Oc3cncnc3)c2)cc1. The monoisotopic (exact) mass is 347 g/mol. The van der Waals surface area contributed by atoms with Crippen LogP contribution in [0.15, 0.2) is 67.3 Å². The maximum Gasteiger partial charge on any atom is 0.217 e. The largest absolute Gasteiger partial charge is 0.454 e. The molecule has 3 rings (SSSR count). The van der Waals surface area contributed by atoms with Crippen molar-refractivity contribution in [3.05, 3.63) is 72.8 Å². The Morgan fingerprint density at radius 3 is 2.46 bits per heavy atom. The average molecular weight is 347 g/mol. The van der Waals surface area contributed by atoms with E-state index in [2.05, 4.69) is 39.6 Å². The number of nitrogens with one attached hydrogen (secondary N) is 1. The predicted octanol–water partition coefficient (Wildman–Crippen LogP) is 4.00. The van der Waals surface area contributed by atoms with Gasteiger partial charge in [-0.05, 0) is 42.2 Å². The van der Waals surface area contributed by atoms with Crippen molar-refractivity contribution in [3.63, 3.8) is 0 Å². The van der Waals surface area contributed by atoms with Crippen molar-refractivity contribution in [1.82, 2.24) is 15.3 Å². The molecule has 3 aromatic rings. The Kier molecular flexibility index (Phi) is 5.59. The van der Waals surface area contributed by atoms with Crippen LogP contribution in [0, 0.1) is 0 Å². The summed E-state index contributed by atoms with van der Waals surface area (Å²) in [5, 5.41) is 2.90. The third kappa shape index (κ3) is 4.89. The summed E-state index contributed by atoms with van der Waals surface area (Å²) in [5.74, 6) is 1.34. The van der Waals surface area contributed by atoms with Crippen molar-refractivity contribution in [2.24, 2.45) is 0 Å². The van der Waals surface area contributed by atoms with Crippen LogP contribution in [0.3, 0.4) is 0 Å². The number of ether oxygens (including phenoxy) is 1. The minimum atomic E-state index is -0.00486. The number of hydrogen-bond acceptors (Lipinski definition) is 4. The predicted molar refractivity (Wildman–Crippen MR) is 101 cm³/mol. The van der Waals surface area contributed by atoms with E-state index in [0.29, 0.717) is 5.75 Å². The van der Waals surface area contributed by atoms with Gasteiger partial charge in [0, 0.05) is 13.0 Å². The number of amides is 1. The number of carbonyl (C=O) groups is 1. The Morgan fingerprint density at radius 2 is 1.77 bits per heavy atom. The fraction of sp³-hybridized carbons (Fsp3) is 0.190. The van der Waals surface area contributed by atoms with Gasteiger partial charge in [0.05, 0.1) is 12.4 Å². The van der Waals surface area contributed by atoms with Gasteiger partial charge in [0.1, 0.15) is 12.1 Å². The standard InChI is InChI=1S/C21H21N3O2/c1-15(24-16(2)25)10-17-6-8-18(9-7-17)19-4-3-5-20(11-19)26-21-12-22-14-23-13-21/h3-9,11-15H,10H2,1-2H3,(H,24,25). The fourth-order valence-corrected chi connectivity index (χ4v) is 2.80. The van der Waals surface area contributed by atoms with Crippen LogP contribution in [-0.4, -0.2) is 21.9 Å². The molecule has 0 saturated carbocycles. The number of rotatable bonds is 6. The Balaban J connectivity index is 1.71. The van der Waals surface area contributed by atoms with E-state index in [1.54, 1.807) is 12.4 Å². The van der Waals surface area contributed by atoms with E-state index in [1.165, 1.54) is 18.8 Å². The Labute approximate surface area is 153 Å². The highest BCUT2D eigenvalue weighted by atomic mass is 16.5. The molecule has 0 aliphatic rings. The van der Waals surface area contributed by atoms with Crippen molar-refractivity contribution < 1.29 is 9.53 Å². The van der Waals surface area contributed by atoms with Gasteiger partial charge in [-0.1, -0.05) is 36.4 Å². The Bertz CT molecular complexity index is 864. The Morgan fingerprint density at radius 1 is 1.04 bits per heavy atom. The highest BCUT2D eigenvalue weighted by molar-refractivity contribution is 5.73. The second kappa shape index (κ2) is 8.25. The zero-order chi connectivity index (χ0) is 18.4. The van der Waals surface area contributed by atoms with Crippen molar-refractivity contribution >= 4 is 5.91 Å². The van der Waals surface area contributed by atoms with E-state index in [0.717, 1.165) is 23.3 Å². The normalized spacial score (nSPS) is 11.6. The highest BCUT2D eigenvalue weighted by Gasteiger charge is 2.06. The topological polar surface area (TPSA) is 64.1 Å². The first kappa shape index (κ1) is 17.6. The zero-order valence-corrected chi connectivity index (χ0v) is 14.8. The van der Waals surface area contributed by atoms with E-state index in [4.69, 9.17) is 4.74 Å². The molecule has 1 atom stereocenters. The minimum Gasteiger partial charge on any atom is -0.454 e.